The summed E-state index contributed by atoms with van der Waals surface area (Å²) in [6.07, 6.45) is 2.68. The standard InChI is InChI=1S/C15H32N2/c1-6-15(9-16-8-12(2)3)17-10-13(4)7-14(5)11-17/h12-16H,6-11H2,1-5H3. The number of nitrogens with one attached hydrogen (secondary N) is 1. The van der Waals surface area contributed by atoms with Gasteiger partial charge in [0.15, 0.2) is 0 Å². The molecule has 2 heteroatoms. The lowest BCUT2D eigenvalue weighted by atomic mass is 9.90. The van der Waals surface area contributed by atoms with Gasteiger partial charge in [0.2, 0.25) is 0 Å². The van der Waals surface area contributed by atoms with Gasteiger partial charge in [-0.15, -0.1) is 0 Å². The SMILES string of the molecule is CCC(CNCC(C)C)N1CC(C)CC(C)C1. The molecule has 0 bridgehead atoms. The van der Waals surface area contributed by atoms with Crippen molar-refractivity contribution in [1.82, 2.24) is 10.2 Å². The van der Waals surface area contributed by atoms with Gasteiger partial charge in [0.1, 0.15) is 0 Å². The molecule has 0 aromatic carbocycles. The average Bonchev–Trinajstić information content (AvgIpc) is 2.22. The Labute approximate surface area is 108 Å². The van der Waals surface area contributed by atoms with Gasteiger partial charge in [-0.05, 0) is 37.1 Å². The summed E-state index contributed by atoms with van der Waals surface area (Å²) in [6.45, 7) is 16.6. The van der Waals surface area contributed by atoms with Crippen molar-refractivity contribution in [2.45, 2.75) is 53.5 Å². The molecule has 1 N–H and O–H groups in total. The Morgan fingerprint density at radius 3 is 2.18 bits per heavy atom. The first kappa shape index (κ1) is 15.0. The second-order valence-corrected chi connectivity index (χ2v) is 6.51. The van der Waals surface area contributed by atoms with Crippen LogP contribution in [0.25, 0.3) is 0 Å². The minimum Gasteiger partial charge on any atom is -0.315 e. The third-order valence-corrected chi connectivity index (χ3v) is 3.82. The summed E-state index contributed by atoms with van der Waals surface area (Å²) in [4.78, 5) is 2.71. The molecule has 17 heavy (non-hydrogen) atoms. The van der Waals surface area contributed by atoms with Gasteiger partial charge in [-0.3, -0.25) is 4.90 Å². The monoisotopic (exact) mass is 240 g/mol. The van der Waals surface area contributed by atoms with Crippen LogP contribution in [0.3, 0.4) is 0 Å². The van der Waals surface area contributed by atoms with Crippen molar-refractivity contribution >= 4 is 0 Å². The third-order valence-electron chi connectivity index (χ3n) is 3.82. The molecule has 0 saturated carbocycles. The van der Waals surface area contributed by atoms with E-state index in [1.165, 1.54) is 25.9 Å². The van der Waals surface area contributed by atoms with E-state index in [1.807, 2.05) is 0 Å². The Balaban J connectivity index is 2.37. The predicted molar refractivity (Wildman–Crippen MR) is 76.3 cm³/mol. The quantitative estimate of drug-likeness (QED) is 0.768. The van der Waals surface area contributed by atoms with Crippen molar-refractivity contribution in [2.24, 2.45) is 17.8 Å². The van der Waals surface area contributed by atoms with E-state index in [0.717, 1.165) is 36.9 Å². The van der Waals surface area contributed by atoms with Crippen molar-refractivity contribution in [1.29, 1.82) is 0 Å². The minimum atomic E-state index is 0.735. The average molecular weight is 240 g/mol. The molecular weight excluding hydrogens is 208 g/mol. The fourth-order valence-electron chi connectivity index (χ4n) is 3.08. The van der Waals surface area contributed by atoms with Crippen molar-refractivity contribution < 1.29 is 0 Å². The maximum atomic E-state index is 3.62. The zero-order valence-electron chi connectivity index (χ0n) is 12.5. The van der Waals surface area contributed by atoms with Crippen LogP contribution < -0.4 is 5.32 Å². The van der Waals surface area contributed by atoms with Gasteiger partial charge >= 0.3 is 0 Å². The highest BCUT2D eigenvalue weighted by atomic mass is 15.2. The smallest absolute Gasteiger partial charge is 0.0218 e. The lowest BCUT2D eigenvalue weighted by Gasteiger charge is -2.40. The van der Waals surface area contributed by atoms with Gasteiger partial charge in [0.05, 0.1) is 0 Å². The van der Waals surface area contributed by atoms with E-state index in [2.05, 4.69) is 44.8 Å². The second kappa shape index (κ2) is 7.38. The van der Waals surface area contributed by atoms with Crippen molar-refractivity contribution in [3.63, 3.8) is 0 Å². The number of likely N-dealkylation sites (tertiary alicyclic amines) is 1. The lowest BCUT2D eigenvalue weighted by Crippen LogP contribution is -2.49. The molecule has 0 aromatic heterocycles. The molecule has 2 nitrogen and oxygen atoms in total. The molecule has 3 atom stereocenters. The van der Waals surface area contributed by atoms with Crippen LogP contribution in [0.4, 0.5) is 0 Å². The van der Waals surface area contributed by atoms with E-state index in [1.54, 1.807) is 0 Å². The minimum absolute atomic E-state index is 0.735. The van der Waals surface area contributed by atoms with E-state index < -0.39 is 0 Å². The van der Waals surface area contributed by atoms with E-state index in [9.17, 15) is 0 Å². The summed E-state index contributed by atoms with van der Waals surface area (Å²) < 4.78 is 0. The van der Waals surface area contributed by atoms with Gasteiger partial charge in [-0.2, -0.15) is 0 Å². The van der Waals surface area contributed by atoms with Crippen LogP contribution in [0.1, 0.15) is 47.5 Å². The summed E-state index contributed by atoms with van der Waals surface area (Å²) in [5.41, 5.74) is 0. The summed E-state index contributed by atoms with van der Waals surface area (Å²) in [5, 5.41) is 3.62. The summed E-state index contributed by atoms with van der Waals surface area (Å²) in [7, 11) is 0. The van der Waals surface area contributed by atoms with Gasteiger partial charge in [-0.25, -0.2) is 0 Å². The first-order chi connectivity index (χ1) is 8.02. The van der Waals surface area contributed by atoms with E-state index in [-0.39, 0.29) is 0 Å². The molecule has 0 aromatic rings. The fraction of sp³-hybridized carbons (Fsp3) is 1.00. The van der Waals surface area contributed by atoms with Crippen molar-refractivity contribution in [2.75, 3.05) is 26.2 Å². The number of nitrogens with zero attached hydrogens (tertiary/aromatic N) is 1. The highest BCUT2D eigenvalue weighted by Crippen LogP contribution is 2.23. The highest BCUT2D eigenvalue weighted by molar-refractivity contribution is 4.81. The number of piperidine rings is 1. The number of hydrogen-bond acceptors (Lipinski definition) is 2. The van der Waals surface area contributed by atoms with Gasteiger partial charge in [-0.1, -0.05) is 34.6 Å². The summed E-state index contributed by atoms with van der Waals surface area (Å²) in [5.74, 6) is 2.50. The zero-order chi connectivity index (χ0) is 12.8. The predicted octanol–water partition coefficient (Wildman–Crippen LogP) is 2.99. The van der Waals surface area contributed by atoms with Crippen LogP contribution in [0, 0.1) is 17.8 Å². The lowest BCUT2D eigenvalue weighted by molar-refractivity contribution is 0.0919. The van der Waals surface area contributed by atoms with Crippen LogP contribution in [0.5, 0.6) is 0 Å². The normalized spacial score (nSPS) is 28.6. The van der Waals surface area contributed by atoms with Crippen molar-refractivity contribution in [3.05, 3.63) is 0 Å². The van der Waals surface area contributed by atoms with Gasteiger partial charge in [0, 0.05) is 25.7 Å². The van der Waals surface area contributed by atoms with E-state index in [4.69, 9.17) is 0 Å². The molecular formula is C15H32N2. The molecule has 0 aliphatic carbocycles. The Kier molecular flexibility index (Phi) is 6.50. The van der Waals surface area contributed by atoms with Crippen molar-refractivity contribution in [3.8, 4) is 0 Å². The summed E-state index contributed by atoms with van der Waals surface area (Å²) >= 11 is 0. The molecule has 1 fully saturated rings. The zero-order valence-corrected chi connectivity index (χ0v) is 12.5. The fourth-order valence-corrected chi connectivity index (χ4v) is 3.08. The summed E-state index contributed by atoms with van der Waals surface area (Å²) in [6, 6.07) is 0.735. The molecule has 1 aliphatic heterocycles. The Morgan fingerprint density at radius 1 is 1.12 bits per heavy atom. The van der Waals surface area contributed by atoms with E-state index >= 15 is 0 Å². The van der Waals surface area contributed by atoms with Crippen LogP contribution in [0.15, 0.2) is 0 Å². The first-order valence-corrected chi connectivity index (χ1v) is 7.47. The van der Waals surface area contributed by atoms with Crippen LogP contribution in [-0.4, -0.2) is 37.1 Å². The van der Waals surface area contributed by atoms with E-state index in [0.29, 0.717) is 0 Å². The Bertz CT molecular complexity index is 193. The third kappa shape index (κ3) is 5.39. The number of hydrogen-bond donors (Lipinski definition) is 1. The highest BCUT2D eigenvalue weighted by Gasteiger charge is 2.26. The van der Waals surface area contributed by atoms with Crippen LogP contribution in [-0.2, 0) is 0 Å². The Morgan fingerprint density at radius 2 is 1.71 bits per heavy atom. The molecule has 3 unspecified atom stereocenters. The maximum Gasteiger partial charge on any atom is 0.0218 e. The second-order valence-electron chi connectivity index (χ2n) is 6.51. The molecule has 102 valence electrons. The van der Waals surface area contributed by atoms with Gasteiger partial charge in [0.25, 0.3) is 0 Å². The largest absolute Gasteiger partial charge is 0.315 e. The molecule has 1 saturated heterocycles. The van der Waals surface area contributed by atoms with Crippen LogP contribution in [0.2, 0.25) is 0 Å². The molecule has 0 radical (unpaired) electrons. The molecule has 1 rings (SSSR count). The molecule has 0 spiro atoms. The number of rotatable bonds is 6. The maximum absolute atomic E-state index is 3.62. The van der Waals surface area contributed by atoms with Crippen LogP contribution >= 0.6 is 0 Å². The topological polar surface area (TPSA) is 15.3 Å². The Hall–Kier alpha value is -0.0800. The first-order valence-electron chi connectivity index (χ1n) is 7.47. The molecule has 0 amide bonds. The van der Waals surface area contributed by atoms with Gasteiger partial charge < -0.3 is 5.32 Å². The molecule has 1 aliphatic rings. The molecule has 1 heterocycles.